The number of carbonyl (C=O) groups excluding carboxylic acids is 1. The summed E-state index contributed by atoms with van der Waals surface area (Å²) in [5, 5.41) is 10.6. The molecule has 0 atom stereocenters. The van der Waals surface area contributed by atoms with Gasteiger partial charge in [-0.25, -0.2) is 4.68 Å². The molecule has 0 aliphatic heterocycles. The van der Waals surface area contributed by atoms with Gasteiger partial charge in [0.15, 0.2) is 5.78 Å². The predicted octanol–water partition coefficient (Wildman–Crippen LogP) is -0.217. The van der Waals surface area contributed by atoms with Crippen molar-refractivity contribution < 1.29 is 28.5 Å². The Morgan fingerprint density at radius 2 is 1.37 bits per heavy atom. The number of hydrogen-bond acceptors (Lipinski definition) is 9. The highest BCUT2D eigenvalue weighted by Gasteiger charge is 2.04. The Morgan fingerprint density at radius 1 is 0.889 bits per heavy atom. The summed E-state index contributed by atoms with van der Waals surface area (Å²) in [7, 11) is 1.89. The lowest BCUT2D eigenvalue weighted by molar-refractivity contribution is -0.0113. The van der Waals surface area contributed by atoms with E-state index in [1.165, 1.54) is 6.92 Å². The Kier molecular flexibility index (Phi) is 14.6. The molecular formula is C17H32N4O6. The van der Waals surface area contributed by atoms with E-state index >= 15 is 0 Å². The van der Waals surface area contributed by atoms with Gasteiger partial charge in [-0.15, -0.1) is 5.10 Å². The third-order valence-electron chi connectivity index (χ3n) is 3.35. The fourth-order valence-electron chi connectivity index (χ4n) is 1.88. The number of nitrogens with zero attached hydrogens (tertiary/aromatic N) is 3. The van der Waals surface area contributed by atoms with Crippen LogP contribution in [0.5, 0.6) is 0 Å². The molecule has 0 aromatic carbocycles. The fourth-order valence-corrected chi connectivity index (χ4v) is 1.88. The van der Waals surface area contributed by atoms with E-state index in [0.717, 1.165) is 6.54 Å². The summed E-state index contributed by atoms with van der Waals surface area (Å²) >= 11 is 0. The van der Waals surface area contributed by atoms with Crippen molar-refractivity contribution in [2.24, 2.45) is 0 Å². The van der Waals surface area contributed by atoms with Gasteiger partial charge in [0.2, 0.25) is 0 Å². The number of aromatic nitrogens is 3. The van der Waals surface area contributed by atoms with Crippen LogP contribution in [0.15, 0.2) is 6.20 Å². The molecule has 1 aromatic heterocycles. The first kappa shape index (κ1) is 23.6. The van der Waals surface area contributed by atoms with Crippen LogP contribution in [0.3, 0.4) is 0 Å². The maximum absolute atomic E-state index is 11.1. The minimum atomic E-state index is -0.0986. The van der Waals surface area contributed by atoms with Crippen molar-refractivity contribution in [2.75, 3.05) is 79.7 Å². The molecule has 0 unspecified atom stereocenters. The van der Waals surface area contributed by atoms with Gasteiger partial charge in [0, 0.05) is 13.5 Å². The Labute approximate surface area is 160 Å². The van der Waals surface area contributed by atoms with Gasteiger partial charge in [-0.2, -0.15) is 0 Å². The van der Waals surface area contributed by atoms with Gasteiger partial charge in [0.1, 0.15) is 5.69 Å². The third kappa shape index (κ3) is 13.4. The van der Waals surface area contributed by atoms with E-state index in [-0.39, 0.29) is 5.78 Å². The van der Waals surface area contributed by atoms with Crippen LogP contribution >= 0.6 is 0 Å². The summed E-state index contributed by atoms with van der Waals surface area (Å²) < 4.78 is 28.5. The lowest BCUT2D eigenvalue weighted by atomic mass is 10.3. The highest BCUT2D eigenvalue weighted by atomic mass is 16.6. The summed E-state index contributed by atoms with van der Waals surface area (Å²) in [4.78, 5) is 11.1. The van der Waals surface area contributed by atoms with Gasteiger partial charge in [-0.1, -0.05) is 5.21 Å². The molecule has 0 saturated heterocycles. The van der Waals surface area contributed by atoms with Crippen molar-refractivity contribution in [1.29, 1.82) is 0 Å². The molecule has 0 bridgehead atoms. The second-order valence-corrected chi connectivity index (χ2v) is 5.59. The highest BCUT2D eigenvalue weighted by Crippen LogP contribution is 1.94. The molecule has 1 aromatic rings. The Bertz CT molecular complexity index is 486. The van der Waals surface area contributed by atoms with Crippen molar-refractivity contribution >= 4 is 5.78 Å². The van der Waals surface area contributed by atoms with E-state index in [1.54, 1.807) is 10.9 Å². The standard InChI is InChI=1S/C17H32N4O6/c1-16(22)17-15-21(20-19-17)4-6-24-8-10-26-12-14-27-13-11-25-9-7-23-5-3-18-2/h15,18H,3-14H2,1-2H3. The first-order valence-corrected chi connectivity index (χ1v) is 9.18. The normalized spacial score (nSPS) is 11.2. The smallest absolute Gasteiger partial charge is 0.181 e. The van der Waals surface area contributed by atoms with E-state index in [4.69, 9.17) is 23.7 Å². The molecule has 0 amide bonds. The number of carbonyl (C=O) groups is 1. The van der Waals surface area contributed by atoms with Gasteiger partial charge in [-0.05, 0) is 7.05 Å². The monoisotopic (exact) mass is 388 g/mol. The van der Waals surface area contributed by atoms with Crippen LogP contribution in [-0.4, -0.2) is 100 Å². The molecule has 0 aliphatic carbocycles. The van der Waals surface area contributed by atoms with Crippen LogP contribution in [0, 0.1) is 0 Å². The summed E-state index contributed by atoms with van der Waals surface area (Å²) in [6.07, 6.45) is 1.61. The number of likely N-dealkylation sites (N-methyl/N-ethyl adjacent to an activating group) is 1. The number of hydrogen-bond donors (Lipinski definition) is 1. The number of ketones is 1. The largest absolute Gasteiger partial charge is 0.378 e. The number of nitrogens with one attached hydrogen (secondary N) is 1. The second kappa shape index (κ2) is 16.7. The van der Waals surface area contributed by atoms with Crippen molar-refractivity contribution in [1.82, 2.24) is 20.3 Å². The Morgan fingerprint density at radius 3 is 1.81 bits per heavy atom. The molecule has 0 fully saturated rings. The van der Waals surface area contributed by atoms with Crippen LogP contribution in [0.2, 0.25) is 0 Å². The minimum Gasteiger partial charge on any atom is -0.378 e. The van der Waals surface area contributed by atoms with Gasteiger partial charge < -0.3 is 29.0 Å². The van der Waals surface area contributed by atoms with Crippen LogP contribution < -0.4 is 5.32 Å². The molecule has 1 heterocycles. The molecule has 1 N–H and O–H groups in total. The summed E-state index contributed by atoms with van der Waals surface area (Å²) in [5.41, 5.74) is 0.363. The average Bonchev–Trinajstić information content (AvgIpc) is 3.13. The van der Waals surface area contributed by atoms with Crippen molar-refractivity contribution in [3.8, 4) is 0 Å². The average molecular weight is 388 g/mol. The number of ether oxygens (including phenoxy) is 5. The van der Waals surface area contributed by atoms with E-state index in [9.17, 15) is 4.79 Å². The summed E-state index contributed by atoms with van der Waals surface area (Å²) in [6, 6.07) is 0. The van der Waals surface area contributed by atoms with Gasteiger partial charge in [-0.3, -0.25) is 4.79 Å². The fraction of sp³-hybridized carbons (Fsp3) is 0.824. The zero-order chi connectivity index (χ0) is 19.6. The molecule has 10 nitrogen and oxygen atoms in total. The van der Waals surface area contributed by atoms with Crippen molar-refractivity contribution in [3.63, 3.8) is 0 Å². The SMILES string of the molecule is CNCCOCCOCCOCCOCCOCCn1cc(C(C)=O)nn1. The molecule has 27 heavy (non-hydrogen) atoms. The topological polar surface area (TPSA) is 106 Å². The maximum Gasteiger partial charge on any atom is 0.181 e. The summed E-state index contributed by atoms with van der Waals surface area (Å²) in [6.45, 7) is 8.31. The highest BCUT2D eigenvalue weighted by molar-refractivity contribution is 5.91. The molecule has 0 radical (unpaired) electrons. The van der Waals surface area contributed by atoms with E-state index in [1.807, 2.05) is 7.05 Å². The van der Waals surface area contributed by atoms with Crippen LogP contribution in [0.1, 0.15) is 17.4 Å². The second-order valence-electron chi connectivity index (χ2n) is 5.59. The molecular weight excluding hydrogens is 356 g/mol. The lowest BCUT2D eigenvalue weighted by Crippen LogP contribution is -2.17. The van der Waals surface area contributed by atoms with Crippen LogP contribution in [0.25, 0.3) is 0 Å². The van der Waals surface area contributed by atoms with Gasteiger partial charge in [0.05, 0.1) is 78.8 Å². The minimum absolute atomic E-state index is 0.0986. The molecule has 1 rings (SSSR count). The van der Waals surface area contributed by atoms with Crippen molar-refractivity contribution in [2.45, 2.75) is 13.5 Å². The number of Topliss-reactive ketones (excluding diaryl/α,β-unsaturated/α-hetero) is 1. The van der Waals surface area contributed by atoms with Crippen molar-refractivity contribution in [3.05, 3.63) is 11.9 Å². The first-order chi connectivity index (χ1) is 13.2. The van der Waals surface area contributed by atoms with Gasteiger partial charge >= 0.3 is 0 Å². The van der Waals surface area contributed by atoms with E-state index in [0.29, 0.717) is 78.3 Å². The predicted molar refractivity (Wildman–Crippen MR) is 98.0 cm³/mol. The quantitative estimate of drug-likeness (QED) is 0.254. The molecule has 156 valence electrons. The maximum atomic E-state index is 11.1. The van der Waals surface area contributed by atoms with E-state index in [2.05, 4.69) is 15.6 Å². The zero-order valence-corrected chi connectivity index (χ0v) is 16.4. The number of rotatable bonds is 19. The molecule has 0 aliphatic rings. The van der Waals surface area contributed by atoms with Gasteiger partial charge in [0.25, 0.3) is 0 Å². The van der Waals surface area contributed by atoms with Crippen LogP contribution in [0.4, 0.5) is 0 Å². The van der Waals surface area contributed by atoms with Crippen LogP contribution in [-0.2, 0) is 30.2 Å². The molecule has 0 spiro atoms. The lowest BCUT2D eigenvalue weighted by Gasteiger charge is -2.08. The molecule has 0 saturated carbocycles. The Hall–Kier alpha value is -1.43. The third-order valence-corrected chi connectivity index (χ3v) is 3.35. The van der Waals surface area contributed by atoms with E-state index < -0.39 is 0 Å². The zero-order valence-electron chi connectivity index (χ0n) is 16.4. The summed E-state index contributed by atoms with van der Waals surface area (Å²) in [5.74, 6) is -0.0986. The first-order valence-electron chi connectivity index (χ1n) is 9.18. The Balaban J connectivity index is 1.76. The molecule has 10 heteroatoms.